The molecule has 1 atom stereocenters. The minimum atomic E-state index is -4.18. The van der Waals surface area contributed by atoms with E-state index in [0.717, 1.165) is 36.1 Å². The van der Waals surface area contributed by atoms with E-state index in [-0.39, 0.29) is 19.0 Å². The molecule has 1 saturated heterocycles. The van der Waals surface area contributed by atoms with E-state index in [1.165, 1.54) is 34.8 Å². The average molecular weight is 509 g/mol. The van der Waals surface area contributed by atoms with Crippen LogP contribution in [0.3, 0.4) is 0 Å². The van der Waals surface area contributed by atoms with E-state index in [1.54, 1.807) is 18.5 Å². The summed E-state index contributed by atoms with van der Waals surface area (Å²) < 4.78 is 41.5. The van der Waals surface area contributed by atoms with Gasteiger partial charge in [-0.25, -0.2) is 17.8 Å². The minimum absolute atomic E-state index is 0.00686. The highest BCUT2D eigenvalue weighted by molar-refractivity contribution is 7.89. The number of hydrogen-bond acceptors (Lipinski definition) is 6. The minimum Gasteiger partial charge on any atom is -0.328 e. The molecule has 0 radical (unpaired) electrons. The van der Waals surface area contributed by atoms with Crippen LogP contribution in [0.1, 0.15) is 44.1 Å². The summed E-state index contributed by atoms with van der Waals surface area (Å²) in [4.78, 5) is 31.5. The van der Waals surface area contributed by atoms with E-state index in [0.29, 0.717) is 23.0 Å². The maximum Gasteiger partial charge on any atom is 0.248 e. The highest BCUT2D eigenvalue weighted by atomic mass is 32.2. The van der Waals surface area contributed by atoms with Crippen LogP contribution in [-0.4, -0.2) is 60.1 Å². The van der Waals surface area contributed by atoms with Gasteiger partial charge in [-0.2, -0.15) is 4.31 Å². The Morgan fingerprint density at radius 1 is 1.26 bits per heavy atom. The van der Waals surface area contributed by atoms with Crippen LogP contribution in [0.15, 0.2) is 34.7 Å². The summed E-state index contributed by atoms with van der Waals surface area (Å²) in [7, 11) is -4.18. The van der Waals surface area contributed by atoms with Crippen molar-refractivity contribution in [1.82, 2.24) is 14.2 Å². The molecule has 2 aromatic rings. The molecular weight excluding hydrogens is 479 g/mol. The summed E-state index contributed by atoms with van der Waals surface area (Å²) in [6.07, 6.45) is 7.53. The van der Waals surface area contributed by atoms with Crippen LogP contribution >= 0.6 is 11.3 Å². The fourth-order valence-electron chi connectivity index (χ4n) is 4.74. The van der Waals surface area contributed by atoms with Gasteiger partial charge < -0.3 is 10.2 Å². The molecule has 2 amide bonds. The topological polar surface area (TPSA) is 99.7 Å². The molecule has 1 aliphatic heterocycles. The van der Waals surface area contributed by atoms with Crippen LogP contribution in [0, 0.1) is 18.7 Å². The summed E-state index contributed by atoms with van der Waals surface area (Å²) in [6, 6.07) is 3.20. The van der Waals surface area contributed by atoms with Crippen molar-refractivity contribution in [3.63, 3.8) is 0 Å². The Hall–Kier alpha value is -2.37. The van der Waals surface area contributed by atoms with Gasteiger partial charge >= 0.3 is 0 Å². The van der Waals surface area contributed by atoms with Crippen LogP contribution in [0.2, 0.25) is 0 Å². The number of amides is 2. The number of nitrogens with zero attached hydrogens (tertiary/aromatic N) is 3. The third kappa shape index (κ3) is 5.47. The maximum atomic E-state index is 14.4. The molecule has 1 aromatic heterocycles. The van der Waals surface area contributed by atoms with Crippen LogP contribution in [0.5, 0.6) is 0 Å². The van der Waals surface area contributed by atoms with Crippen molar-refractivity contribution in [2.45, 2.75) is 56.4 Å². The SMILES string of the molecule is Cc1ccc(S(=O)(=O)N2CCN(C(CC3CCCCC3)C(=O)Nc3nccs3)C(=O)C2)c(F)c1. The van der Waals surface area contributed by atoms with Crippen molar-refractivity contribution >= 4 is 38.3 Å². The van der Waals surface area contributed by atoms with E-state index < -0.39 is 39.2 Å². The van der Waals surface area contributed by atoms with Gasteiger partial charge in [-0.15, -0.1) is 11.3 Å². The molecule has 8 nitrogen and oxygen atoms in total. The molecule has 2 heterocycles. The number of halogens is 1. The predicted octanol–water partition coefficient (Wildman–Crippen LogP) is 3.40. The molecule has 0 spiro atoms. The third-order valence-corrected chi connectivity index (χ3v) is 9.12. The quantitative estimate of drug-likeness (QED) is 0.618. The maximum absolute atomic E-state index is 14.4. The Bertz CT molecular complexity index is 1130. The number of carbonyl (C=O) groups excluding carboxylic acids is 2. The van der Waals surface area contributed by atoms with Crippen molar-refractivity contribution in [3.05, 3.63) is 41.2 Å². The second-order valence-electron chi connectivity index (χ2n) is 8.94. The first-order valence-electron chi connectivity index (χ1n) is 11.5. The molecule has 184 valence electrons. The molecule has 11 heteroatoms. The zero-order chi connectivity index (χ0) is 24.3. The van der Waals surface area contributed by atoms with Crippen molar-refractivity contribution in [1.29, 1.82) is 0 Å². The summed E-state index contributed by atoms with van der Waals surface area (Å²) in [5, 5.41) is 5.02. The molecule has 1 saturated carbocycles. The van der Waals surface area contributed by atoms with Gasteiger partial charge in [-0.1, -0.05) is 38.2 Å². The molecule has 1 aliphatic carbocycles. The lowest BCUT2D eigenvalue weighted by molar-refractivity contribution is -0.142. The Morgan fingerprint density at radius 3 is 2.68 bits per heavy atom. The van der Waals surface area contributed by atoms with Crippen molar-refractivity contribution < 1.29 is 22.4 Å². The first kappa shape index (κ1) is 24.7. The van der Waals surface area contributed by atoms with Crippen LogP contribution in [-0.2, 0) is 19.6 Å². The van der Waals surface area contributed by atoms with Gasteiger partial charge in [0.25, 0.3) is 0 Å². The Balaban J connectivity index is 1.51. The summed E-state index contributed by atoms with van der Waals surface area (Å²) >= 11 is 1.30. The zero-order valence-corrected chi connectivity index (χ0v) is 20.7. The number of aryl methyl sites for hydroxylation is 1. The highest BCUT2D eigenvalue weighted by Gasteiger charge is 2.39. The molecule has 2 aliphatic rings. The average Bonchev–Trinajstić information content (AvgIpc) is 3.31. The van der Waals surface area contributed by atoms with E-state index in [2.05, 4.69) is 10.3 Å². The van der Waals surface area contributed by atoms with Crippen molar-refractivity contribution in [2.75, 3.05) is 25.0 Å². The molecule has 1 unspecified atom stereocenters. The molecule has 1 N–H and O–H groups in total. The van der Waals surface area contributed by atoms with Crippen molar-refractivity contribution in [2.24, 2.45) is 5.92 Å². The number of rotatable bonds is 7. The monoisotopic (exact) mass is 508 g/mol. The lowest BCUT2D eigenvalue weighted by atomic mass is 9.84. The molecular formula is C23H29FN4O4S2. The molecule has 0 bridgehead atoms. The second kappa shape index (κ2) is 10.5. The number of anilines is 1. The number of sulfonamides is 1. The van der Waals surface area contributed by atoms with Crippen LogP contribution < -0.4 is 5.32 Å². The summed E-state index contributed by atoms with van der Waals surface area (Å²) in [5.74, 6) is -1.28. The fraction of sp³-hybridized carbons (Fsp3) is 0.522. The van der Waals surface area contributed by atoms with Crippen LogP contribution in [0.4, 0.5) is 9.52 Å². The van der Waals surface area contributed by atoms with Gasteiger partial charge in [0, 0.05) is 24.7 Å². The van der Waals surface area contributed by atoms with E-state index in [1.807, 2.05) is 0 Å². The number of piperazine rings is 1. The van der Waals surface area contributed by atoms with E-state index in [9.17, 15) is 22.4 Å². The number of benzene rings is 1. The van der Waals surface area contributed by atoms with Crippen molar-refractivity contribution in [3.8, 4) is 0 Å². The van der Waals surface area contributed by atoms with E-state index >= 15 is 0 Å². The second-order valence-corrected chi connectivity index (χ2v) is 11.7. The number of carbonyl (C=O) groups is 2. The van der Waals surface area contributed by atoms with E-state index in [4.69, 9.17) is 0 Å². The molecule has 34 heavy (non-hydrogen) atoms. The Labute approximate surface area is 203 Å². The number of nitrogens with one attached hydrogen (secondary N) is 1. The standard InChI is InChI=1S/C23H29FN4O4S2/c1-16-7-8-20(18(24)13-16)34(31,32)27-10-11-28(21(29)15-27)19(14-17-5-3-2-4-6-17)22(30)26-23-25-9-12-33-23/h7-9,12-13,17,19H,2-6,10-11,14-15H2,1H3,(H,25,26,30). The number of hydrogen-bond donors (Lipinski definition) is 1. The lowest BCUT2D eigenvalue weighted by Crippen LogP contribution is -2.58. The van der Waals surface area contributed by atoms with Gasteiger partial charge in [0.15, 0.2) is 5.13 Å². The normalized spacial score (nSPS) is 19.2. The van der Waals surface area contributed by atoms with Gasteiger partial charge in [-0.05, 0) is 37.0 Å². The molecule has 2 fully saturated rings. The summed E-state index contributed by atoms with van der Waals surface area (Å²) in [6.45, 7) is 1.30. The van der Waals surface area contributed by atoms with Crippen LogP contribution in [0.25, 0.3) is 0 Å². The first-order valence-corrected chi connectivity index (χ1v) is 13.8. The van der Waals surface area contributed by atoms with Gasteiger partial charge in [0.05, 0.1) is 6.54 Å². The zero-order valence-electron chi connectivity index (χ0n) is 19.1. The number of thiazole rings is 1. The molecule has 1 aromatic carbocycles. The van der Waals surface area contributed by atoms with Gasteiger partial charge in [-0.3, -0.25) is 9.59 Å². The fourth-order valence-corrected chi connectivity index (χ4v) is 6.70. The predicted molar refractivity (Wildman–Crippen MR) is 127 cm³/mol. The smallest absolute Gasteiger partial charge is 0.248 e. The van der Waals surface area contributed by atoms with Gasteiger partial charge in [0.1, 0.15) is 16.8 Å². The largest absolute Gasteiger partial charge is 0.328 e. The Kier molecular flexibility index (Phi) is 7.63. The first-order chi connectivity index (χ1) is 16.3. The van der Waals surface area contributed by atoms with Gasteiger partial charge in [0.2, 0.25) is 21.8 Å². The highest BCUT2D eigenvalue weighted by Crippen LogP contribution is 2.30. The third-order valence-electron chi connectivity index (χ3n) is 6.55. The lowest BCUT2D eigenvalue weighted by Gasteiger charge is -2.39. The Morgan fingerprint density at radius 2 is 2.03 bits per heavy atom. The number of aromatic nitrogens is 1. The molecule has 4 rings (SSSR count). The summed E-state index contributed by atoms with van der Waals surface area (Å²) in [5.41, 5.74) is 0.606.